The van der Waals surface area contributed by atoms with Crippen LogP contribution in [0.5, 0.6) is 0 Å². The monoisotopic (exact) mass is 235 g/mol. The van der Waals surface area contributed by atoms with E-state index in [1.54, 1.807) is 6.33 Å². The maximum absolute atomic E-state index is 9.00. The molecule has 0 radical (unpaired) electrons. The SMILES string of the molecule is Cn1cnc2cc(N(CCO)CCO)ccc21. The van der Waals surface area contributed by atoms with Crippen LogP contribution in [0, 0.1) is 0 Å². The van der Waals surface area contributed by atoms with Gasteiger partial charge in [-0.3, -0.25) is 0 Å². The third kappa shape index (κ3) is 2.40. The van der Waals surface area contributed by atoms with E-state index in [1.807, 2.05) is 34.7 Å². The topological polar surface area (TPSA) is 61.5 Å². The number of hydrogen-bond donors (Lipinski definition) is 2. The molecule has 0 spiro atoms. The normalized spacial score (nSPS) is 11.0. The molecule has 2 aromatic rings. The molecule has 5 heteroatoms. The van der Waals surface area contributed by atoms with Crippen molar-refractivity contribution >= 4 is 16.7 Å². The van der Waals surface area contributed by atoms with Gasteiger partial charge in [0.1, 0.15) is 0 Å². The van der Waals surface area contributed by atoms with Crippen molar-refractivity contribution in [1.82, 2.24) is 9.55 Å². The summed E-state index contributed by atoms with van der Waals surface area (Å²) in [5.74, 6) is 0. The lowest BCUT2D eigenvalue weighted by molar-refractivity contribution is 0.281. The molecule has 0 atom stereocenters. The van der Waals surface area contributed by atoms with Crippen LogP contribution in [0.25, 0.3) is 11.0 Å². The molecular formula is C12H17N3O2. The highest BCUT2D eigenvalue weighted by molar-refractivity contribution is 5.79. The standard InChI is InChI=1S/C12H17N3O2/c1-14-9-13-11-8-10(2-3-12(11)14)15(4-6-16)5-7-17/h2-3,8-9,16-17H,4-7H2,1H3. The minimum atomic E-state index is 0.0697. The van der Waals surface area contributed by atoms with Crippen LogP contribution >= 0.6 is 0 Å². The Morgan fingerprint density at radius 3 is 2.59 bits per heavy atom. The summed E-state index contributed by atoms with van der Waals surface area (Å²) in [7, 11) is 1.95. The second-order valence-corrected chi connectivity index (χ2v) is 3.96. The average molecular weight is 235 g/mol. The molecule has 1 aromatic heterocycles. The van der Waals surface area contributed by atoms with Gasteiger partial charge in [0, 0.05) is 25.8 Å². The zero-order valence-corrected chi connectivity index (χ0v) is 9.87. The number of nitrogens with zero attached hydrogens (tertiary/aromatic N) is 3. The maximum Gasteiger partial charge on any atom is 0.0955 e. The van der Waals surface area contributed by atoms with Gasteiger partial charge < -0.3 is 19.7 Å². The molecule has 0 aliphatic heterocycles. The van der Waals surface area contributed by atoms with Crippen LogP contribution in [0.4, 0.5) is 5.69 Å². The van der Waals surface area contributed by atoms with Crippen molar-refractivity contribution in [3.8, 4) is 0 Å². The molecule has 0 saturated heterocycles. The Morgan fingerprint density at radius 1 is 1.24 bits per heavy atom. The van der Waals surface area contributed by atoms with Crippen LogP contribution in [0.15, 0.2) is 24.5 Å². The van der Waals surface area contributed by atoms with Crippen molar-refractivity contribution in [1.29, 1.82) is 0 Å². The highest BCUT2D eigenvalue weighted by Gasteiger charge is 2.07. The van der Waals surface area contributed by atoms with E-state index in [4.69, 9.17) is 10.2 Å². The van der Waals surface area contributed by atoms with Crippen molar-refractivity contribution in [3.63, 3.8) is 0 Å². The quantitative estimate of drug-likeness (QED) is 0.785. The van der Waals surface area contributed by atoms with E-state index in [0.29, 0.717) is 13.1 Å². The van der Waals surface area contributed by atoms with Gasteiger partial charge in [-0.15, -0.1) is 0 Å². The van der Waals surface area contributed by atoms with E-state index >= 15 is 0 Å². The van der Waals surface area contributed by atoms with Crippen molar-refractivity contribution in [3.05, 3.63) is 24.5 Å². The highest BCUT2D eigenvalue weighted by Crippen LogP contribution is 2.20. The Bertz CT molecular complexity index is 489. The molecule has 0 fully saturated rings. The van der Waals surface area contributed by atoms with Gasteiger partial charge in [0.05, 0.1) is 30.6 Å². The Morgan fingerprint density at radius 2 is 1.94 bits per heavy atom. The third-order valence-corrected chi connectivity index (χ3v) is 2.81. The molecule has 5 nitrogen and oxygen atoms in total. The molecule has 92 valence electrons. The number of imidazole rings is 1. The molecule has 1 heterocycles. The number of anilines is 1. The van der Waals surface area contributed by atoms with E-state index in [0.717, 1.165) is 16.7 Å². The average Bonchev–Trinajstić information content (AvgIpc) is 2.70. The zero-order chi connectivity index (χ0) is 12.3. The van der Waals surface area contributed by atoms with Crippen LogP contribution in [0.3, 0.4) is 0 Å². The molecule has 0 unspecified atom stereocenters. The van der Waals surface area contributed by atoms with E-state index < -0.39 is 0 Å². The van der Waals surface area contributed by atoms with Crippen LogP contribution in [-0.4, -0.2) is 46.1 Å². The van der Waals surface area contributed by atoms with Gasteiger partial charge >= 0.3 is 0 Å². The summed E-state index contributed by atoms with van der Waals surface area (Å²) in [5, 5.41) is 18.0. The Kier molecular flexibility index (Phi) is 3.61. The number of hydrogen-bond acceptors (Lipinski definition) is 4. The highest BCUT2D eigenvalue weighted by atomic mass is 16.3. The second-order valence-electron chi connectivity index (χ2n) is 3.96. The molecule has 2 N–H and O–H groups in total. The molecule has 0 amide bonds. The predicted octanol–water partition coefficient (Wildman–Crippen LogP) is 0.364. The summed E-state index contributed by atoms with van der Waals surface area (Å²) in [6, 6.07) is 5.95. The first-order valence-corrected chi connectivity index (χ1v) is 5.64. The lowest BCUT2D eigenvalue weighted by Gasteiger charge is -2.22. The Labute approximate surface area is 99.9 Å². The molecule has 0 aliphatic carbocycles. The van der Waals surface area contributed by atoms with Crippen LogP contribution in [0.2, 0.25) is 0 Å². The molecule has 17 heavy (non-hydrogen) atoms. The van der Waals surface area contributed by atoms with Gasteiger partial charge in [-0.25, -0.2) is 4.98 Å². The van der Waals surface area contributed by atoms with Crippen LogP contribution in [-0.2, 0) is 7.05 Å². The number of aromatic nitrogens is 2. The van der Waals surface area contributed by atoms with Gasteiger partial charge in [0.2, 0.25) is 0 Å². The molecule has 2 rings (SSSR count). The molecule has 1 aromatic carbocycles. The van der Waals surface area contributed by atoms with Crippen molar-refractivity contribution in [2.24, 2.45) is 7.05 Å². The number of rotatable bonds is 5. The first-order valence-electron chi connectivity index (χ1n) is 5.64. The molecule has 0 saturated carbocycles. The fourth-order valence-corrected chi connectivity index (χ4v) is 1.93. The van der Waals surface area contributed by atoms with E-state index in [-0.39, 0.29) is 13.2 Å². The summed E-state index contributed by atoms with van der Waals surface area (Å²) in [6.07, 6.45) is 1.77. The second kappa shape index (κ2) is 5.16. The first-order chi connectivity index (χ1) is 8.26. The van der Waals surface area contributed by atoms with Crippen molar-refractivity contribution in [2.45, 2.75) is 0 Å². The van der Waals surface area contributed by atoms with Gasteiger partial charge in [0.25, 0.3) is 0 Å². The van der Waals surface area contributed by atoms with Crippen molar-refractivity contribution in [2.75, 3.05) is 31.2 Å². The van der Waals surface area contributed by atoms with Gasteiger partial charge in [-0.1, -0.05) is 0 Å². The number of benzene rings is 1. The summed E-state index contributed by atoms with van der Waals surface area (Å²) in [6.45, 7) is 1.16. The fraction of sp³-hybridized carbons (Fsp3) is 0.417. The molecule has 0 aliphatic rings. The van der Waals surface area contributed by atoms with E-state index in [1.165, 1.54) is 0 Å². The lowest BCUT2D eigenvalue weighted by atomic mass is 10.2. The number of aliphatic hydroxyl groups is 2. The zero-order valence-electron chi connectivity index (χ0n) is 9.87. The number of fused-ring (bicyclic) bond motifs is 1. The summed E-state index contributed by atoms with van der Waals surface area (Å²) >= 11 is 0. The van der Waals surface area contributed by atoms with Gasteiger partial charge in [0.15, 0.2) is 0 Å². The van der Waals surface area contributed by atoms with Gasteiger partial charge in [-0.05, 0) is 18.2 Å². The smallest absolute Gasteiger partial charge is 0.0955 e. The van der Waals surface area contributed by atoms with Gasteiger partial charge in [-0.2, -0.15) is 0 Å². The number of aryl methyl sites for hydroxylation is 1. The maximum atomic E-state index is 9.00. The summed E-state index contributed by atoms with van der Waals surface area (Å²) in [5.41, 5.74) is 2.96. The predicted molar refractivity (Wildman–Crippen MR) is 67.1 cm³/mol. The number of aliphatic hydroxyl groups excluding tert-OH is 2. The van der Waals surface area contributed by atoms with Crippen LogP contribution < -0.4 is 4.90 Å². The minimum absolute atomic E-state index is 0.0697. The Balaban J connectivity index is 2.33. The minimum Gasteiger partial charge on any atom is -0.395 e. The summed E-state index contributed by atoms with van der Waals surface area (Å²) in [4.78, 5) is 6.23. The first kappa shape index (κ1) is 11.9. The van der Waals surface area contributed by atoms with E-state index in [2.05, 4.69) is 4.98 Å². The third-order valence-electron chi connectivity index (χ3n) is 2.81. The van der Waals surface area contributed by atoms with Crippen LogP contribution in [0.1, 0.15) is 0 Å². The fourth-order valence-electron chi connectivity index (χ4n) is 1.93. The molecule has 0 bridgehead atoms. The molecular weight excluding hydrogens is 218 g/mol. The van der Waals surface area contributed by atoms with E-state index in [9.17, 15) is 0 Å². The Hall–Kier alpha value is -1.59. The van der Waals surface area contributed by atoms with Crippen molar-refractivity contribution < 1.29 is 10.2 Å². The summed E-state index contributed by atoms with van der Waals surface area (Å²) < 4.78 is 1.96. The largest absolute Gasteiger partial charge is 0.395 e. The lowest BCUT2D eigenvalue weighted by Crippen LogP contribution is -2.29.